The highest BCUT2D eigenvalue weighted by molar-refractivity contribution is 5.86. The number of amides is 1. The number of carboxylic acid groups (broad SMARTS) is 1. The molecule has 0 bridgehead atoms. The first-order chi connectivity index (χ1) is 10.1. The van der Waals surface area contributed by atoms with Crippen molar-refractivity contribution >= 4 is 17.4 Å². The SMILES string of the molecule is Cc1nnc2ccc(-c3cccc(N(C)C(=O)O)c3)nn12. The van der Waals surface area contributed by atoms with E-state index in [1.54, 1.807) is 22.7 Å². The van der Waals surface area contributed by atoms with Crippen molar-refractivity contribution in [3.8, 4) is 11.3 Å². The Kier molecular flexibility index (Phi) is 3.02. The highest BCUT2D eigenvalue weighted by atomic mass is 16.4. The maximum absolute atomic E-state index is 11.0. The summed E-state index contributed by atoms with van der Waals surface area (Å²) in [5.74, 6) is 0.700. The third-order valence-electron chi connectivity index (χ3n) is 3.23. The Morgan fingerprint density at radius 1 is 1.24 bits per heavy atom. The van der Waals surface area contributed by atoms with Gasteiger partial charge in [-0.2, -0.15) is 9.61 Å². The number of carbonyl (C=O) groups is 1. The Hall–Kier alpha value is -2.96. The molecule has 0 unspecified atom stereocenters. The third-order valence-corrected chi connectivity index (χ3v) is 3.23. The zero-order chi connectivity index (χ0) is 15.0. The lowest BCUT2D eigenvalue weighted by atomic mass is 10.1. The quantitative estimate of drug-likeness (QED) is 0.779. The van der Waals surface area contributed by atoms with Crippen molar-refractivity contribution < 1.29 is 9.90 Å². The van der Waals surface area contributed by atoms with Crippen LogP contribution in [0.15, 0.2) is 36.4 Å². The van der Waals surface area contributed by atoms with Gasteiger partial charge in [0.05, 0.1) is 5.69 Å². The monoisotopic (exact) mass is 283 g/mol. The number of rotatable bonds is 2. The fourth-order valence-corrected chi connectivity index (χ4v) is 2.03. The van der Waals surface area contributed by atoms with E-state index in [0.29, 0.717) is 17.2 Å². The number of hydrogen-bond acceptors (Lipinski definition) is 4. The number of aromatic nitrogens is 4. The van der Waals surface area contributed by atoms with E-state index < -0.39 is 6.09 Å². The van der Waals surface area contributed by atoms with E-state index in [0.717, 1.165) is 16.2 Å². The first-order valence-electron chi connectivity index (χ1n) is 6.32. The molecule has 7 heteroatoms. The first kappa shape index (κ1) is 13.0. The van der Waals surface area contributed by atoms with Gasteiger partial charge in [-0.1, -0.05) is 12.1 Å². The molecule has 2 aromatic heterocycles. The summed E-state index contributed by atoms with van der Waals surface area (Å²) >= 11 is 0. The molecule has 1 N–H and O–H groups in total. The molecule has 0 saturated carbocycles. The molecule has 3 aromatic rings. The van der Waals surface area contributed by atoms with Crippen molar-refractivity contribution in [2.75, 3.05) is 11.9 Å². The summed E-state index contributed by atoms with van der Waals surface area (Å²) in [6.07, 6.45) is -1.01. The molecule has 0 saturated heterocycles. The van der Waals surface area contributed by atoms with Gasteiger partial charge >= 0.3 is 6.09 Å². The molecule has 0 fully saturated rings. The number of fused-ring (bicyclic) bond motifs is 1. The van der Waals surface area contributed by atoms with Crippen LogP contribution in [0.5, 0.6) is 0 Å². The molecule has 7 nitrogen and oxygen atoms in total. The molecule has 0 atom stereocenters. The van der Waals surface area contributed by atoms with Crippen molar-refractivity contribution in [2.45, 2.75) is 6.92 Å². The molecule has 106 valence electrons. The highest BCUT2D eigenvalue weighted by Crippen LogP contribution is 2.23. The molecule has 2 heterocycles. The number of anilines is 1. The lowest BCUT2D eigenvalue weighted by molar-refractivity contribution is 0.203. The Labute approximate surface area is 120 Å². The van der Waals surface area contributed by atoms with Gasteiger partial charge in [0.1, 0.15) is 0 Å². The van der Waals surface area contributed by atoms with E-state index in [1.165, 1.54) is 7.05 Å². The van der Waals surface area contributed by atoms with Crippen molar-refractivity contribution in [1.29, 1.82) is 0 Å². The van der Waals surface area contributed by atoms with Crippen LogP contribution in [0.2, 0.25) is 0 Å². The van der Waals surface area contributed by atoms with Crippen molar-refractivity contribution in [2.24, 2.45) is 0 Å². The molecule has 21 heavy (non-hydrogen) atoms. The smallest absolute Gasteiger partial charge is 0.411 e. The Morgan fingerprint density at radius 3 is 2.81 bits per heavy atom. The van der Waals surface area contributed by atoms with Gasteiger partial charge in [0, 0.05) is 18.3 Å². The maximum Gasteiger partial charge on any atom is 0.411 e. The summed E-state index contributed by atoms with van der Waals surface area (Å²) in [5, 5.41) is 21.5. The molecule has 1 aromatic carbocycles. The molecular weight excluding hydrogens is 270 g/mol. The third kappa shape index (κ3) is 2.29. The number of aryl methyl sites for hydroxylation is 1. The second-order valence-electron chi connectivity index (χ2n) is 4.63. The van der Waals surface area contributed by atoms with Gasteiger partial charge in [-0.15, -0.1) is 10.2 Å². The van der Waals surface area contributed by atoms with Crippen LogP contribution < -0.4 is 4.90 Å². The van der Waals surface area contributed by atoms with E-state index in [-0.39, 0.29) is 0 Å². The van der Waals surface area contributed by atoms with E-state index in [2.05, 4.69) is 15.3 Å². The van der Waals surface area contributed by atoms with Crippen LogP contribution >= 0.6 is 0 Å². The molecule has 1 amide bonds. The van der Waals surface area contributed by atoms with Crippen LogP contribution in [0, 0.1) is 6.92 Å². The average molecular weight is 283 g/mol. The average Bonchev–Trinajstić information content (AvgIpc) is 2.87. The molecule has 0 aliphatic heterocycles. The Morgan fingerprint density at radius 2 is 2.05 bits per heavy atom. The summed E-state index contributed by atoms with van der Waals surface area (Å²) in [4.78, 5) is 12.2. The molecular formula is C14H13N5O2. The van der Waals surface area contributed by atoms with Crippen molar-refractivity contribution in [3.63, 3.8) is 0 Å². The van der Waals surface area contributed by atoms with Crippen LogP contribution in [-0.4, -0.2) is 38.1 Å². The van der Waals surface area contributed by atoms with Crippen molar-refractivity contribution in [3.05, 3.63) is 42.2 Å². The lowest BCUT2D eigenvalue weighted by Gasteiger charge is -2.13. The van der Waals surface area contributed by atoms with Gasteiger partial charge in [-0.25, -0.2) is 4.79 Å². The molecule has 0 aliphatic carbocycles. The van der Waals surface area contributed by atoms with Crippen LogP contribution in [0.3, 0.4) is 0 Å². The van der Waals surface area contributed by atoms with Gasteiger partial charge in [-0.05, 0) is 31.2 Å². The summed E-state index contributed by atoms with van der Waals surface area (Å²) in [7, 11) is 1.50. The van der Waals surface area contributed by atoms with E-state index >= 15 is 0 Å². The van der Waals surface area contributed by atoms with E-state index in [4.69, 9.17) is 5.11 Å². The van der Waals surface area contributed by atoms with Gasteiger partial charge < -0.3 is 5.11 Å². The number of nitrogens with zero attached hydrogens (tertiary/aromatic N) is 5. The predicted octanol–water partition coefficient (Wildman–Crippen LogP) is 2.21. The molecule has 3 rings (SSSR count). The number of benzene rings is 1. The zero-order valence-electron chi connectivity index (χ0n) is 11.6. The predicted molar refractivity (Wildman–Crippen MR) is 77.4 cm³/mol. The van der Waals surface area contributed by atoms with Gasteiger partial charge in [0.25, 0.3) is 0 Å². The lowest BCUT2D eigenvalue weighted by Crippen LogP contribution is -2.23. The summed E-state index contributed by atoms with van der Waals surface area (Å²) in [6.45, 7) is 1.82. The van der Waals surface area contributed by atoms with Gasteiger partial charge in [0.2, 0.25) is 0 Å². The van der Waals surface area contributed by atoms with Crippen molar-refractivity contribution in [1.82, 2.24) is 19.8 Å². The van der Waals surface area contributed by atoms with E-state index in [1.807, 2.05) is 25.1 Å². The minimum absolute atomic E-state index is 0.586. The Balaban J connectivity index is 2.07. The zero-order valence-corrected chi connectivity index (χ0v) is 11.6. The van der Waals surface area contributed by atoms with E-state index in [9.17, 15) is 4.79 Å². The van der Waals surface area contributed by atoms with Gasteiger partial charge in [0.15, 0.2) is 11.5 Å². The normalized spacial score (nSPS) is 10.8. The highest BCUT2D eigenvalue weighted by Gasteiger charge is 2.10. The fraction of sp³-hybridized carbons (Fsp3) is 0.143. The van der Waals surface area contributed by atoms with Crippen LogP contribution in [0.1, 0.15) is 5.82 Å². The second kappa shape index (κ2) is 4.86. The topological polar surface area (TPSA) is 83.6 Å². The fourth-order valence-electron chi connectivity index (χ4n) is 2.03. The maximum atomic E-state index is 11.0. The molecule has 0 aliphatic rings. The molecule has 0 spiro atoms. The Bertz CT molecular complexity index is 827. The summed E-state index contributed by atoms with van der Waals surface area (Å²) in [6, 6.07) is 10.9. The number of hydrogen-bond donors (Lipinski definition) is 1. The summed E-state index contributed by atoms with van der Waals surface area (Å²) in [5.41, 5.74) is 2.82. The standard InChI is InChI=1S/C14H13N5O2/c1-9-15-16-13-7-6-12(17-19(9)13)10-4-3-5-11(8-10)18(2)14(20)21/h3-8H,1-2H3,(H,20,21). The van der Waals surface area contributed by atoms with Crippen LogP contribution in [0.4, 0.5) is 10.5 Å². The minimum atomic E-state index is -1.01. The largest absolute Gasteiger partial charge is 0.465 e. The van der Waals surface area contributed by atoms with Crippen LogP contribution in [0.25, 0.3) is 16.9 Å². The minimum Gasteiger partial charge on any atom is -0.465 e. The molecule has 0 radical (unpaired) electrons. The second-order valence-corrected chi connectivity index (χ2v) is 4.63. The van der Waals surface area contributed by atoms with Gasteiger partial charge in [-0.3, -0.25) is 4.90 Å². The summed E-state index contributed by atoms with van der Waals surface area (Å²) < 4.78 is 1.66. The van der Waals surface area contributed by atoms with Crippen LogP contribution in [-0.2, 0) is 0 Å². The first-order valence-corrected chi connectivity index (χ1v) is 6.32.